The highest BCUT2D eigenvalue weighted by Crippen LogP contribution is 2.30. The molecule has 0 radical (unpaired) electrons. The van der Waals surface area contributed by atoms with Gasteiger partial charge in [-0.3, -0.25) is 0 Å². The number of nitrogens with one attached hydrogen (secondary N) is 1. The summed E-state index contributed by atoms with van der Waals surface area (Å²) in [5.41, 5.74) is 2.19. The molecular formula is C17H20FNO3. The van der Waals surface area contributed by atoms with Crippen LogP contribution in [0.4, 0.5) is 4.39 Å². The van der Waals surface area contributed by atoms with Gasteiger partial charge in [0.2, 0.25) is 0 Å². The van der Waals surface area contributed by atoms with E-state index in [1.165, 1.54) is 6.07 Å². The summed E-state index contributed by atoms with van der Waals surface area (Å²) in [5, 5.41) is 12.4. The lowest BCUT2D eigenvalue weighted by molar-refractivity contribution is 0.275. The van der Waals surface area contributed by atoms with E-state index in [0.29, 0.717) is 30.2 Å². The van der Waals surface area contributed by atoms with Crippen LogP contribution >= 0.6 is 0 Å². The van der Waals surface area contributed by atoms with Crippen LogP contribution in [0.3, 0.4) is 0 Å². The summed E-state index contributed by atoms with van der Waals surface area (Å²) in [4.78, 5) is 0. The molecule has 0 bridgehead atoms. The molecule has 118 valence electrons. The molecule has 0 spiro atoms. The molecular weight excluding hydrogens is 285 g/mol. The Labute approximate surface area is 129 Å². The topological polar surface area (TPSA) is 50.7 Å². The second kappa shape index (κ2) is 7.77. The highest BCUT2D eigenvalue weighted by atomic mass is 19.1. The molecule has 0 fully saturated rings. The number of hydrogen-bond acceptors (Lipinski definition) is 4. The van der Waals surface area contributed by atoms with Gasteiger partial charge in [0, 0.05) is 24.2 Å². The number of aliphatic hydroxyl groups is 1. The second-order valence-electron chi connectivity index (χ2n) is 4.84. The van der Waals surface area contributed by atoms with Gasteiger partial charge in [0.1, 0.15) is 5.82 Å². The Morgan fingerprint density at radius 1 is 1.05 bits per heavy atom. The van der Waals surface area contributed by atoms with Crippen LogP contribution < -0.4 is 14.8 Å². The first kappa shape index (κ1) is 16.3. The Hall–Kier alpha value is -2.11. The number of rotatable bonds is 7. The van der Waals surface area contributed by atoms with Crippen molar-refractivity contribution in [1.82, 2.24) is 5.32 Å². The predicted octanol–water partition coefficient (Wildman–Crippen LogP) is 2.63. The van der Waals surface area contributed by atoms with Gasteiger partial charge in [-0.25, -0.2) is 4.39 Å². The third-order valence-electron chi connectivity index (χ3n) is 3.41. The van der Waals surface area contributed by atoms with E-state index >= 15 is 0 Å². The van der Waals surface area contributed by atoms with Gasteiger partial charge >= 0.3 is 0 Å². The first-order chi connectivity index (χ1) is 10.7. The summed E-state index contributed by atoms with van der Waals surface area (Å²) < 4.78 is 24.0. The van der Waals surface area contributed by atoms with Crippen molar-refractivity contribution in [3.8, 4) is 11.5 Å². The van der Waals surface area contributed by atoms with Crippen molar-refractivity contribution in [2.45, 2.75) is 19.7 Å². The van der Waals surface area contributed by atoms with Crippen molar-refractivity contribution in [3.63, 3.8) is 0 Å². The smallest absolute Gasteiger partial charge is 0.165 e. The van der Waals surface area contributed by atoms with Gasteiger partial charge in [0.25, 0.3) is 0 Å². The largest absolute Gasteiger partial charge is 0.493 e. The van der Waals surface area contributed by atoms with Crippen LogP contribution in [-0.2, 0) is 19.7 Å². The SMILES string of the molecule is COc1cccc(CNCc2ccc(F)c(CO)c2)c1OC. The molecule has 0 atom stereocenters. The zero-order valence-electron chi connectivity index (χ0n) is 12.7. The van der Waals surface area contributed by atoms with Crippen molar-refractivity contribution >= 4 is 0 Å². The average molecular weight is 305 g/mol. The number of para-hydroxylation sites is 1. The van der Waals surface area contributed by atoms with Gasteiger partial charge in [-0.05, 0) is 23.8 Å². The highest BCUT2D eigenvalue weighted by molar-refractivity contribution is 5.46. The summed E-state index contributed by atoms with van der Waals surface area (Å²) >= 11 is 0. The van der Waals surface area contributed by atoms with Gasteiger partial charge in [-0.2, -0.15) is 0 Å². The fraction of sp³-hybridized carbons (Fsp3) is 0.294. The van der Waals surface area contributed by atoms with E-state index in [2.05, 4.69) is 5.32 Å². The van der Waals surface area contributed by atoms with Crippen LogP contribution in [0.1, 0.15) is 16.7 Å². The van der Waals surface area contributed by atoms with E-state index in [4.69, 9.17) is 14.6 Å². The molecule has 0 saturated carbocycles. The molecule has 0 aliphatic rings. The molecule has 0 aromatic heterocycles. The van der Waals surface area contributed by atoms with Crippen LogP contribution in [-0.4, -0.2) is 19.3 Å². The molecule has 22 heavy (non-hydrogen) atoms. The molecule has 0 heterocycles. The molecule has 5 heteroatoms. The van der Waals surface area contributed by atoms with Crippen LogP contribution in [0.25, 0.3) is 0 Å². The third-order valence-corrected chi connectivity index (χ3v) is 3.41. The average Bonchev–Trinajstić information content (AvgIpc) is 2.55. The lowest BCUT2D eigenvalue weighted by atomic mass is 10.1. The molecule has 2 aromatic carbocycles. The summed E-state index contributed by atoms with van der Waals surface area (Å²) in [6, 6.07) is 10.4. The zero-order valence-corrected chi connectivity index (χ0v) is 12.7. The van der Waals surface area contributed by atoms with Gasteiger partial charge in [0.15, 0.2) is 11.5 Å². The number of benzene rings is 2. The number of methoxy groups -OCH3 is 2. The Kier molecular flexibility index (Phi) is 5.75. The van der Waals surface area contributed by atoms with Gasteiger partial charge in [0.05, 0.1) is 20.8 Å². The fourth-order valence-corrected chi connectivity index (χ4v) is 2.29. The summed E-state index contributed by atoms with van der Waals surface area (Å²) in [5.74, 6) is 1.000. The number of halogens is 1. The Balaban J connectivity index is 2.02. The lowest BCUT2D eigenvalue weighted by Crippen LogP contribution is -2.14. The maximum absolute atomic E-state index is 13.3. The van der Waals surface area contributed by atoms with Crippen molar-refractivity contribution < 1.29 is 19.0 Å². The van der Waals surface area contributed by atoms with Gasteiger partial charge in [-0.1, -0.05) is 18.2 Å². The maximum Gasteiger partial charge on any atom is 0.165 e. The zero-order chi connectivity index (χ0) is 15.9. The fourth-order valence-electron chi connectivity index (χ4n) is 2.29. The van der Waals surface area contributed by atoms with Crippen molar-refractivity contribution in [3.05, 3.63) is 58.9 Å². The Bertz CT molecular complexity index is 631. The second-order valence-corrected chi connectivity index (χ2v) is 4.84. The van der Waals surface area contributed by atoms with Crippen LogP contribution in [0.15, 0.2) is 36.4 Å². The molecule has 0 aliphatic heterocycles. The third kappa shape index (κ3) is 3.75. The minimum absolute atomic E-state index is 0.302. The summed E-state index contributed by atoms with van der Waals surface area (Å²) in [6.45, 7) is 0.850. The van der Waals surface area contributed by atoms with E-state index < -0.39 is 0 Å². The van der Waals surface area contributed by atoms with E-state index in [1.54, 1.807) is 26.4 Å². The van der Waals surface area contributed by atoms with Gasteiger partial charge in [-0.15, -0.1) is 0 Å². The Morgan fingerprint density at radius 3 is 2.55 bits per heavy atom. The standard InChI is InChI=1S/C17H20FNO3/c1-21-16-5-3-4-13(17(16)22-2)10-19-9-12-6-7-15(18)14(8-12)11-20/h3-8,19-20H,9-11H2,1-2H3. The quantitative estimate of drug-likeness (QED) is 0.825. The Morgan fingerprint density at radius 2 is 1.86 bits per heavy atom. The summed E-state index contributed by atoms with van der Waals surface area (Å²) in [7, 11) is 3.21. The van der Waals surface area contributed by atoms with E-state index in [0.717, 1.165) is 11.1 Å². The van der Waals surface area contributed by atoms with Crippen LogP contribution in [0.2, 0.25) is 0 Å². The van der Waals surface area contributed by atoms with Crippen molar-refractivity contribution in [2.75, 3.05) is 14.2 Å². The van der Waals surface area contributed by atoms with Crippen molar-refractivity contribution in [2.24, 2.45) is 0 Å². The first-order valence-electron chi connectivity index (χ1n) is 6.98. The van der Waals surface area contributed by atoms with E-state index in [-0.39, 0.29) is 12.4 Å². The molecule has 2 N–H and O–H groups in total. The number of ether oxygens (including phenoxy) is 2. The molecule has 0 saturated heterocycles. The van der Waals surface area contributed by atoms with E-state index in [9.17, 15) is 4.39 Å². The molecule has 2 rings (SSSR count). The molecule has 0 aliphatic carbocycles. The molecule has 0 unspecified atom stereocenters. The lowest BCUT2D eigenvalue weighted by Gasteiger charge is -2.13. The molecule has 2 aromatic rings. The summed E-state index contributed by atoms with van der Waals surface area (Å²) in [6.07, 6.45) is 0. The molecule has 4 nitrogen and oxygen atoms in total. The number of hydrogen-bond donors (Lipinski definition) is 2. The minimum atomic E-state index is -0.388. The van der Waals surface area contributed by atoms with Crippen LogP contribution in [0.5, 0.6) is 11.5 Å². The van der Waals surface area contributed by atoms with E-state index in [1.807, 2.05) is 18.2 Å². The normalized spacial score (nSPS) is 10.5. The van der Waals surface area contributed by atoms with Crippen LogP contribution in [0, 0.1) is 5.82 Å². The monoisotopic (exact) mass is 305 g/mol. The molecule has 0 amide bonds. The maximum atomic E-state index is 13.3. The predicted molar refractivity (Wildman–Crippen MR) is 82.4 cm³/mol. The minimum Gasteiger partial charge on any atom is -0.493 e. The first-order valence-corrected chi connectivity index (χ1v) is 6.98. The van der Waals surface area contributed by atoms with Gasteiger partial charge < -0.3 is 19.9 Å². The highest BCUT2D eigenvalue weighted by Gasteiger charge is 2.09. The van der Waals surface area contributed by atoms with Crippen molar-refractivity contribution in [1.29, 1.82) is 0 Å². The number of aliphatic hydroxyl groups excluding tert-OH is 1.